The molecule has 0 fully saturated rings. The third-order valence-corrected chi connectivity index (χ3v) is 3.96. The fourth-order valence-electron chi connectivity index (χ4n) is 1.55. The first-order chi connectivity index (χ1) is 8.98. The molecule has 0 atom stereocenters. The normalized spacial score (nSPS) is 11.5. The summed E-state index contributed by atoms with van der Waals surface area (Å²) in [7, 11) is -0.209. The molecular formula is C12H20N2O4S. The molecule has 0 saturated heterocycles. The summed E-state index contributed by atoms with van der Waals surface area (Å²) in [6, 6.07) is 5.17. The Hall–Kier alpha value is -1.31. The summed E-state index contributed by atoms with van der Waals surface area (Å²) in [5, 5.41) is 0. The summed E-state index contributed by atoms with van der Waals surface area (Å²) in [5.74, 6) is 0.624. The highest BCUT2D eigenvalue weighted by Crippen LogP contribution is 2.21. The number of ether oxygens (including phenoxy) is 2. The highest BCUT2D eigenvalue weighted by atomic mass is 32.2. The van der Waals surface area contributed by atoms with Crippen molar-refractivity contribution in [3.05, 3.63) is 23.8 Å². The Labute approximate surface area is 113 Å². The van der Waals surface area contributed by atoms with E-state index in [0.29, 0.717) is 24.5 Å². The van der Waals surface area contributed by atoms with Gasteiger partial charge >= 0.3 is 0 Å². The molecule has 108 valence electrons. The molecule has 1 rings (SSSR count). The smallest absolute Gasteiger partial charge is 0.211 e. The molecule has 0 aliphatic rings. The molecule has 0 heterocycles. The van der Waals surface area contributed by atoms with E-state index in [1.54, 1.807) is 25.3 Å². The van der Waals surface area contributed by atoms with Crippen molar-refractivity contribution in [3.8, 4) is 5.75 Å². The number of nitrogen functional groups attached to an aromatic ring is 1. The van der Waals surface area contributed by atoms with Gasteiger partial charge in [0.25, 0.3) is 0 Å². The topological polar surface area (TPSA) is 90.7 Å². The Balaban J connectivity index is 2.54. The zero-order chi connectivity index (χ0) is 14.3. The molecule has 3 N–H and O–H groups in total. The Bertz CT molecular complexity index is 502. The predicted octanol–water partition coefficient (Wildman–Crippen LogP) is 0.733. The van der Waals surface area contributed by atoms with Gasteiger partial charge in [0.15, 0.2) is 0 Å². The quantitative estimate of drug-likeness (QED) is 0.543. The fraction of sp³-hybridized carbons (Fsp3) is 0.500. The van der Waals surface area contributed by atoms with Gasteiger partial charge in [-0.2, -0.15) is 0 Å². The molecule has 0 amide bonds. The first kappa shape index (κ1) is 15.7. The third-order valence-electron chi connectivity index (χ3n) is 2.55. The van der Waals surface area contributed by atoms with E-state index in [0.717, 1.165) is 5.56 Å². The maximum absolute atomic E-state index is 11.7. The van der Waals surface area contributed by atoms with Crippen molar-refractivity contribution >= 4 is 15.7 Å². The lowest BCUT2D eigenvalue weighted by molar-refractivity contribution is 0.199. The number of hydrogen-bond acceptors (Lipinski definition) is 5. The van der Waals surface area contributed by atoms with Gasteiger partial charge in [-0.3, -0.25) is 0 Å². The fourth-order valence-corrected chi connectivity index (χ4v) is 2.58. The van der Waals surface area contributed by atoms with Crippen LogP contribution in [0.1, 0.15) is 12.0 Å². The van der Waals surface area contributed by atoms with Gasteiger partial charge in [-0.25, -0.2) is 13.1 Å². The molecule has 0 aromatic heterocycles. The van der Waals surface area contributed by atoms with E-state index >= 15 is 0 Å². The van der Waals surface area contributed by atoms with Crippen LogP contribution in [0.3, 0.4) is 0 Å². The molecule has 0 saturated carbocycles. The second-order valence-electron chi connectivity index (χ2n) is 4.06. The second-order valence-corrected chi connectivity index (χ2v) is 5.99. The molecule has 7 heteroatoms. The van der Waals surface area contributed by atoms with Crippen LogP contribution in [-0.4, -0.2) is 35.0 Å². The van der Waals surface area contributed by atoms with E-state index in [1.807, 2.05) is 0 Å². The van der Waals surface area contributed by atoms with Crippen LogP contribution >= 0.6 is 0 Å². The summed E-state index contributed by atoms with van der Waals surface area (Å²) in [6.45, 7) is 0.639. The average molecular weight is 288 g/mol. The molecule has 0 aliphatic carbocycles. The van der Waals surface area contributed by atoms with E-state index in [4.69, 9.17) is 15.2 Å². The number of anilines is 1. The van der Waals surface area contributed by atoms with Gasteiger partial charge in [-0.15, -0.1) is 0 Å². The van der Waals surface area contributed by atoms with Crippen molar-refractivity contribution in [2.75, 3.05) is 32.3 Å². The van der Waals surface area contributed by atoms with Crippen LogP contribution in [0.2, 0.25) is 0 Å². The first-order valence-corrected chi connectivity index (χ1v) is 7.52. The molecule has 0 aliphatic heterocycles. The van der Waals surface area contributed by atoms with E-state index < -0.39 is 10.0 Å². The lowest BCUT2D eigenvalue weighted by Gasteiger charge is -2.09. The molecule has 6 nitrogen and oxygen atoms in total. The highest BCUT2D eigenvalue weighted by molar-refractivity contribution is 7.89. The van der Waals surface area contributed by atoms with Crippen LogP contribution in [0.4, 0.5) is 5.69 Å². The molecule has 0 radical (unpaired) electrons. The van der Waals surface area contributed by atoms with Gasteiger partial charge in [-0.1, -0.05) is 6.07 Å². The Kier molecular flexibility index (Phi) is 6.07. The summed E-state index contributed by atoms with van der Waals surface area (Å²) in [4.78, 5) is 0. The van der Waals surface area contributed by atoms with Gasteiger partial charge in [0, 0.05) is 20.3 Å². The average Bonchev–Trinajstić information content (AvgIpc) is 2.37. The van der Waals surface area contributed by atoms with Gasteiger partial charge < -0.3 is 15.2 Å². The summed E-state index contributed by atoms with van der Waals surface area (Å²) in [6.07, 6.45) is 0.469. The summed E-state index contributed by atoms with van der Waals surface area (Å²) in [5.41, 5.74) is 7.02. The number of rotatable bonds is 8. The van der Waals surface area contributed by atoms with Crippen LogP contribution in [0, 0.1) is 0 Å². The van der Waals surface area contributed by atoms with E-state index in [-0.39, 0.29) is 12.3 Å². The second kappa shape index (κ2) is 7.32. The molecule has 1 aromatic carbocycles. The number of methoxy groups -OCH3 is 2. The molecule has 1 aromatic rings. The third kappa shape index (κ3) is 5.46. The SMILES string of the molecule is COCCCS(=O)(=O)NCc1ccc(OC)c(N)c1. The molecule has 19 heavy (non-hydrogen) atoms. The summed E-state index contributed by atoms with van der Waals surface area (Å²) < 4.78 is 35.7. The van der Waals surface area contributed by atoms with Crippen molar-refractivity contribution in [2.45, 2.75) is 13.0 Å². The van der Waals surface area contributed by atoms with Crippen molar-refractivity contribution < 1.29 is 17.9 Å². The number of nitrogens with two attached hydrogens (primary N) is 1. The number of sulfonamides is 1. The Morgan fingerprint density at radius 1 is 1.32 bits per heavy atom. The van der Waals surface area contributed by atoms with Crippen LogP contribution in [0.15, 0.2) is 18.2 Å². The zero-order valence-electron chi connectivity index (χ0n) is 11.2. The number of nitrogens with one attached hydrogen (secondary N) is 1. The minimum atomic E-state index is -3.28. The van der Waals surface area contributed by atoms with Gasteiger partial charge in [0.05, 0.1) is 18.6 Å². The van der Waals surface area contributed by atoms with Crippen LogP contribution in [0.25, 0.3) is 0 Å². The lowest BCUT2D eigenvalue weighted by atomic mass is 10.2. The monoisotopic (exact) mass is 288 g/mol. The lowest BCUT2D eigenvalue weighted by Crippen LogP contribution is -2.26. The molecule has 0 unspecified atom stereocenters. The minimum Gasteiger partial charge on any atom is -0.495 e. The molecule has 0 bridgehead atoms. The van der Waals surface area contributed by atoms with Crippen LogP contribution in [0.5, 0.6) is 5.75 Å². The zero-order valence-corrected chi connectivity index (χ0v) is 12.0. The Morgan fingerprint density at radius 2 is 2.05 bits per heavy atom. The number of benzene rings is 1. The van der Waals surface area contributed by atoms with Crippen molar-refractivity contribution in [3.63, 3.8) is 0 Å². The van der Waals surface area contributed by atoms with E-state index in [1.165, 1.54) is 7.11 Å². The maximum atomic E-state index is 11.7. The van der Waals surface area contributed by atoms with E-state index in [2.05, 4.69) is 4.72 Å². The van der Waals surface area contributed by atoms with Gasteiger partial charge in [-0.05, 0) is 24.1 Å². The molecular weight excluding hydrogens is 268 g/mol. The molecule has 0 spiro atoms. The van der Waals surface area contributed by atoms with Crippen molar-refractivity contribution in [1.29, 1.82) is 0 Å². The van der Waals surface area contributed by atoms with Crippen LogP contribution < -0.4 is 15.2 Å². The highest BCUT2D eigenvalue weighted by Gasteiger charge is 2.10. The maximum Gasteiger partial charge on any atom is 0.211 e. The van der Waals surface area contributed by atoms with Crippen molar-refractivity contribution in [2.24, 2.45) is 0 Å². The van der Waals surface area contributed by atoms with Crippen molar-refractivity contribution in [1.82, 2.24) is 4.72 Å². The van der Waals surface area contributed by atoms with Gasteiger partial charge in [0.2, 0.25) is 10.0 Å². The summed E-state index contributed by atoms with van der Waals surface area (Å²) >= 11 is 0. The standard InChI is InChI=1S/C12H20N2O4S/c1-17-6-3-7-19(15,16)14-9-10-4-5-12(18-2)11(13)8-10/h4-5,8,14H,3,6-7,9,13H2,1-2H3. The number of hydrogen-bond donors (Lipinski definition) is 2. The van der Waals surface area contributed by atoms with E-state index in [9.17, 15) is 8.42 Å². The predicted molar refractivity (Wildman–Crippen MR) is 74.5 cm³/mol. The minimum absolute atomic E-state index is 0.0481. The van der Waals surface area contributed by atoms with Gasteiger partial charge in [0.1, 0.15) is 5.75 Å². The first-order valence-electron chi connectivity index (χ1n) is 5.87. The Morgan fingerprint density at radius 3 is 2.63 bits per heavy atom. The van der Waals surface area contributed by atoms with Crippen LogP contribution in [-0.2, 0) is 21.3 Å². The largest absolute Gasteiger partial charge is 0.495 e.